The van der Waals surface area contributed by atoms with Gasteiger partial charge >= 0.3 is 0 Å². The van der Waals surface area contributed by atoms with E-state index in [2.05, 4.69) is 184 Å². The van der Waals surface area contributed by atoms with Crippen LogP contribution in [-0.4, -0.2) is 23.2 Å². The number of amidine groups is 2. The molecule has 0 bridgehead atoms. The third kappa shape index (κ3) is 8.50. The Labute approximate surface area is 264 Å². The molecule has 0 spiro atoms. The van der Waals surface area contributed by atoms with Crippen molar-refractivity contribution >= 4 is 59.6 Å². The zero-order valence-electron chi connectivity index (χ0n) is 25.8. The van der Waals surface area contributed by atoms with Gasteiger partial charge in [0.25, 0.3) is 0 Å². The second-order valence-corrected chi connectivity index (χ2v) is 15.3. The molecule has 0 saturated heterocycles. The molecule has 222 valence electrons. The predicted octanol–water partition coefficient (Wildman–Crippen LogP) is 7.92. The largest absolute Gasteiger partial charge is 0.367 e. The van der Waals surface area contributed by atoms with Crippen molar-refractivity contribution in [3.8, 4) is 0 Å². The molecule has 5 rings (SSSR count). The molecule has 0 heterocycles. The second-order valence-electron chi connectivity index (χ2n) is 11.0. The van der Waals surface area contributed by atoms with Crippen molar-refractivity contribution in [2.45, 2.75) is 39.8 Å². The van der Waals surface area contributed by atoms with Gasteiger partial charge < -0.3 is 10.6 Å². The fourth-order valence-corrected chi connectivity index (χ4v) is 9.41. The van der Waals surface area contributed by atoms with Gasteiger partial charge in [0, 0.05) is 27.9 Å². The molecule has 0 saturated carbocycles. The van der Waals surface area contributed by atoms with Crippen molar-refractivity contribution in [2.24, 2.45) is 9.98 Å². The molecule has 0 aromatic heterocycles. The van der Waals surface area contributed by atoms with E-state index in [9.17, 15) is 0 Å². The number of nitrogens with zero attached hydrogens (tertiary/aromatic N) is 2. The van der Waals surface area contributed by atoms with Gasteiger partial charge in [-0.25, -0.2) is 9.98 Å². The molecule has 44 heavy (non-hydrogen) atoms. The fourth-order valence-electron chi connectivity index (χ4n) is 4.75. The van der Waals surface area contributed by atoms with Gasteiger partial charge in [-0.1, -0.05) is 121 Å². The molecule has 5 aromatic carbocycles. The summed E-state index contributed by atoms with van der Waals surface area (Å²) in [6.45, 7) is 8.66. The van der Waals surface area contributed by atoms with Crippen LogP contribution in [0.2, 0.25) is 0 Å². The first-order valence-electron chi connectivity index (χ1n) is 15.1. The molecule has 0 radical (unpaired) electrons. The maximum Gasteiger partial charge on any atom is 0.134 e. The van der Waals surface area contributed by atoms with Crippen LogP contribution in [0.15, 0.2) is 156 Å². The Morgan fingerprint density at radius 1 is 0.409 bits per heavy atom. The van der Waals surface area contributed by atoms with Crippen molar-refractivity contribution < 1.29 is 0 Å². The van der Waals surface area contributed by atoms with E-state index in [1.54, 1.807) is 0 Å². The average molecular weight is 615 g/mol. The number of nitrogens with one attached hydrogen (secondary N) is 2. The Morgan fingerprint density at radius 2 is 0.659 bits per heavy atom. The highest BCUT2D eigenvalue weighted by Gasteiger charge is 2.23. The lowest BCUT2D eigenvalue weighted by molar-refractivity contribution is 0.739. The van der Waals surface area contributed by atoms with Gasteiger partial charge in [-0.3, -0.25) is 0 Å². The molecular weight excluding hydrogens is 574 g/mol. The third-order valence-electron chi connectivity index (χ3n) is 6.64. The third-order valence-corrected chi connectivity index (χ3v) is 11.2. The standard InChI is InChI=1S/C38H40N4P2/c1-29(2)39-37(43(33-17-9-5-10-18-33)34-19-11-6-12-20-34)41-31-25-27-32(28-26-31)42-38(40-30(3)4)44(35-21-13-7-14-22-35)36-23-15-8-16-24-36/h5-30H,1-4H3,(H,39,41)(H,40,42). The van der Waals surface area contributed by atoms with Gasteiger partial charge in [0.1, 0.15) is 11.2 Å². The minimum absolute atomic E-state index is 0.245. The van der Waals surface area contributed by atoms with Gasteiger partial charge in [0.2, 0.25) is 0 Å². The van der Waals surface area contributed by atoms with Crippen molar-refractivity contribution in [1.82, 2.24) is 10.6 Å². The van der Waals surface area contributed by atoms with Crippen molar-refractivity contribution in [2.75, 3.05) is 0 Å². The highest BCUT2D eigenvalue weighted by Crippen LogP contribution is 2.38. The summed E-state index contributed by atoms with van der Waals surface area (Å²) in [7, 11) is -1.72. The molecule has 0 atom stereocenters. The normalized spacial score (nSPS) is 12.3. The summed E-state index contributed by atoms with van der Waals surface area (Å²) in [6.07, 6.45) is 0. The summed E-state index contributed by atoms with van der Waals surface area (Å²) in [5.41, 5.74) is 3.78. The molecule has 0 fully saturated rings. The van der Waals surface area contributed by atoms with Crippen molar-refractivity contribution in [3.63, 3.8) is 0 Å². The quantitative estimate of drug-likeness (QED) is 0.0954. The van der Waals surface area contributed by atoms with Crippen LogP contribution in [0.5, 0.6) is 0 Å². The lowest BCUT2D eigenvalue weighted by Gasteiger charge is -2.24. The molecule has 6 heteroatoms. The van der Waals surface area contributed by atoms with E-state index in [0.717, 1.165) is 22.5 Å². The predicted molar refractivity (Wildman–Crippen MR) is 195 cm³/mol. The maximum absolute atomic E-state index is 5.23. The lowest BCUT2D eigenvalue weighted by atomic mass is 10.3. The molecule has 0 amide bonds. The van der Waals surface area contributed by atoms with E-state index in [4.69, 9.17) is 9.98 Å². The molecule has 0 aliphatic heterocycles. The number of benzene rings is 5. The second kappa shape index (κ2) is 15.6. The van der Waals surface area contributed by atoms with Gasteiger partial charge in [0.05, 0.1) is 11.4 Å². The maximum atomic E-state index is 5.23. The van der Waals surface area contributed by atoms with Crippen LogP contribution in [0.4, 0.5) is 11.4 Å². The summed E-state index contributed by atoms with van der Waals surface area (Å²) in [5.74, 6) is 0. The van der Waals surface area contributed by atoms with Crippen LogP contribution in [-0.2, 0) is 0 Å². The highest BCUT2D eigenvalue weighted by atomic mass is 31.1. The van der Waals surface area contributed by atoms with Gasteiger partial charge in [0.15, 0.2) is 0 Å². The minimum Gasteiger partial charge on any atom is -0.367 e. The Morgan fingerprint density at radius 3 is 0.886 bits per heavy atom. The van der Waals surface area contributed by atoms with Crippen LogP contribution in [0.1, 0.15) is 27.7 Å². The lowest BCUT2D eigenvalue weighted by Crippen LogP contribution is -2.34. The molecule has 2 N–H and O–H groups in total. The van der Waals surface area contributed by atoms with E-state index < -0.39 is 15.8 Å². The Hall–Kier alpha value is -4.10. The first-order valence-corrected chi connectivity index (χ1v) is 17.8. The summed E-state index contributed by atoms with van der Waals surface area (Å²) in [4.78, 5) is 10.5. The van der Waals surface area contributed by atoms with Crippen LogP contribution >= 0.6 is 15.8 Å². The van der Waals surface area contributed by atoms with Crippen LogP contribution < -0.4 is 31.9 Å². The molecule has 5 aromatic rings. The van der Waals surface area contributed by atoms with Crippen LogP contribution in [0.3, 0.4) is 0 Å². The molecular formula is C38H40N4P2. The van der Waals surface area contributed by atoms with E-state index in [-0.39, 0.29) is 12.1 Å². The van der Waals surface area contributed by atoms with E-state index in [0.29, 0.717) is 0 Å². The van der Waals surface area contributed by atoms with Crippen LogP contribution in [0.25, 0.3) is 0 Å². The van der Waals surface area contributed by atoms with Crippen molar-refractivity contribution in [3.05, 3.63) is 146 Å². The minimum atomic E-state index is -0.858. The molecule has 4 nitrogen and oxygen atoms in total. The van der Waals surface area contributed by atoms with E-state index in [1.165, 1.54) is 21.2 Å². The SMILES string of the molecule is CC(C)N/C(=N\c1ccc(/N=C(\NC(C)C)P(c2ccccc2)c2ccccc2)cc1)P(c1ccccc1)c1ccccc1. The Balaban J connectivity index is 1.53. The zero-order valence-corrected chi connectivity index (χ0v) is 27.6. The summed E-state index contributed by atoms with van der Waals surface area (Å²) in [5, 5.41) is 12.4. The van der Waals surface area contributed by atoms with E-state index >= 15 is 0 Å². The number of rotatable bonds is 10. The monoisotopic (exact) mass is 614 g/mol. The van der Waals surface area contributed by atoms with E-state index in [1.807, 2.05) is 0 Å². The fraction of sp³-hybridized carbons (Fsp3) is 0.158. The molecule has 0 aliphatic carbocycles. The van der Waals surface area contributed by atoms with Gasteiger partial charge in [-0.2, -0.15) is 0 Å². The first kappa shape index (κ1) is 31.3. The molecule has 0 aliphatic rings. The average Bonchev–Trinajstić information content (AvgIpc) is 3.04. The smallest absolute Gasteiger partial charge is 0.134 e. The first-order chi connectivity index (χ1) is 21.5. The number of hydrogen-bond donors (Lipinski definition) is 2. The summed E-state index contributed by atoms with van der Waals surface area (Å²) in [6, 6.07) is 51.5. The summed E-state index contributed by atoms with van der Waals surface area (Å²) >= 11 is 0. The molecule has 0 unspecified atom stereocenters. The number of aliphatic imine (C=N–C) groups is 2. The summed E-state index contributed by atoms with van der Waals surface area (Å²) < 4.78 is 0. The Kier molecular flexibility index (Phi) is 11.1. The van der Waals surface area contributed by atoms with Crippen molar-refractivity contribution in [1.29, 1.82) is 0 Å². The van der Waals surface area contributed by atoms with Gasteiger partial charge in [-0.15, -0.1) is 0 Å². The zero-order chi connectivity index (χ0) is 30.7. The Bertz CT molecular complexity index is 1430. The van der Waals surface area contributed by atoms with Crippen LogP contribution in [0, 0.1) is 0 Å². The highest BCUT2D eigenvalue weighted by molar-refractivity contribution is 7.88. The van der Waals surface area contributed by atoms with Gasteiger partial charge in [-0.05, 0) is 73.2 Å². The topological polar surface area (TPSA) is 48.8 Å². The number of hydrogen-bond acceptors (Lipinski definition) is 2.